The van der Waals surface area contributed by atoms with Crippen molar-refractivity contribution in [2.75, 3.05) is 13.2 Å². The number of piperidine rings is 1. The van der Waals surface area contributed by atoms with Gasteiger partial charge in [0.1, 0.15) is 0 Å². The van der Waals surface area contributed by atoms with Gasteiger partial charge in [0.25, 0.3) is 0 Å². The minimum Gasteiger partial charge on any atom is -0.396 e. The van der Waals surface area contributed by atoms with Crippen molar-refractivity contribution in [3.63, 3.8) is 0 Å². The van der Waals surface area contributed by atoms with Crippen LogP contribution in [0, 0.1) is 5.92 Å². The van der Waals surface area contributed by atoms with Crippen molar-refractivity contribution in [2.45, 2.75) is 25.1 Å². The Morgan fingerprint density at radius 3 is 2.78 bits per heavy atom. The zero-order valence-corrected chi connectivity index (χ0v) is 9.87. The lowest BCUT2D eigenvalue weighted by atomic mass is 9.89. The van der Waals surface area contributed by atoms with Crippen LogP contribution in [0.5, 0.6) is 0 Å². The summed E-state index contributed by atoms with van der Waals surface area (Å²) in [5, 5.41) is 12.3. The molecule has 0 saturated carbocycles. The smallest absolute Gasteiger partial charge is 0.396 e. The maximum absolute atomic E-state index is 12.6. The van der Waals surface area contributed by atoms with E-state index in [1.54, 1.807) is 6.07 Å². The van der Waals surface area contributed by atoms with Gasteiger partial charge >= 0.3 is 6.18 Å². The lowest BCUT2D eigenvalue weighted by Gasteiger charge is -2.29. The van der Waals surface area contributed by atoms with E-state index in [2.05, 4.69) is 5.32 Å². The fourth-order valence-corrected chi connectivity index (χ4v) is 2.35. The van der Waals surface area contributed by atoms with Crippen LogP contribution in [-0.2, 0) is 6.18 Å². The molecule has 1 aromatic rings. The van der Waals surface area contributed by atoms with Crippen LogP contribution in [0.4, 0.5) is 13.2 Å². The largest absolute Gasteiger partial charge is 0.416 e. The first-order valence-corrected chi connectivity index (χ1v) is 6.02. The fourth-order valence-electron chi connectivity index (χ4n) is 2.35. The third-order valence-corrected chi connectivity index (χ3v) is 3.39. The van der Waals surface area contributed by atoms with E-state index in [1.165, 1.54) is 12.1 Å². The molecule has 1 saturated heterocycles. The monoisotopic (exact) mass is 259 g/mol. The quantitative estimate of drug-likeness (QED) is 0.856. The molecule has 0 amide bonds. The van der Waals surface area contributed by atoms with Crippen LogP contribution in [0.3, 0.4) is 0 Å². The highest BCUT2D eigenvalue weighted by Gasteiger charge is 2.31. The highest BCUT2D eigenvalue weighted by Crippen LogP contribution is 2.33. The van der Waals surface area contributed by atoms with Gasteiger partial charge in [0.15, 0.2) is 0 Å². The maximum atomic E-state index is 12.6. The summed E-state index contributed by atoms with van der Waals surface area (Å²) in [7, 11) is 0. The highest BCUT2D eigenvalue weighted by atomic mass is 19.4. The predicted molar refractivity (Wildman–Crippen MR) is 62.0 cm³/mol. The second-order valence-corrected chi connectivity index (χ2v) is 4.70. The summed E-state index contributed by atoms with van der Waals surface area (Å²) < 4.78 is 37.9. The van der Waals surface area contributed by atoms with E-state index in [1.807, 2.05) is 0 Å². The minimum atomic E-state index is -4.30. The molecule has 2 unspecified atom stereocenters. The number of rotatable bonds is 2. The molecule has 2 nitrogen and oxygen atoms in total. The molecule has 0 bridgehead atoms. The van der Waals surface area contributed by atoms with E-state index in [-0.39, 0.29) is 18.6 Å². The molecule has 0 spiro atoms. The summed E-state index contributed by atoms with van der Waals surface area (Å²) >= 11 is 0. The lowest BCUT2D eigenvalue weighted by Crippen LogP contribution is -2.33. The number of benzene rings is 1. The van der Waals surface area contributed by atoms with Gasteiger partial charge in [-0.25, -0.2) is 0 Å². The van der Waals surface area contributed by atoms with Crippen molar-refractivity contribution in [2.24, 2.45) is 5.92 Å². The van der Waals surface area contributed by atoms with Gasteiger partial charge in [-0.3, -0.25) is 0 Å². The van der Waals surface area contributed by atoms with Gasteiger partial charge in [-0.15, -0.1) is 0 Å². The Balaban J connectivity index is 2.18. The number of alkyl halides is 3. The summed E-state index contributed by atoms with van der Waals surface area (Å²) in [5.41, 5.74) is 0.0240. The predicted octanol–water partition coefficient (Wildman–Crippen LogP) is 2.74. The molecule has 18 heavy (non-hydrogen) atoms. The molecular weight excluding hydrogens is 243 g/mol. The molecule has 5 heteroatoms. The molecule has 1 aromatic carbocycles. The van der Waals surface area contributed by atoms with E-state index in [0.29, 0.717) is 12.0 Å². The van der Waals surface area contributed by atoms with Crippen LogP contribution in [0.15, 0.2) is 24.3 Å². The molecule has 1 aliphatic heterocycles. The van der Waals surface area contributed by atoms with E-state index in [4.69, 9.17) is 5.11 Å². The van der Waals surface area contributed by atoms with Gasteiger partial charge in [0.05, 0.1) is 5.56 Å². The van der Waals surface area contributed by atoms with Crippen LogP contribution in [0.2, 0.25) is 0 Å². The lowest BCUT2D eigenvalue weighted by molar-refractivity contribution is -0.137. The standard InChI is InChI=1S/C13H16F3NO/c14-13(15,16)11-3-1-2-10(7-11)12-6-9(8-18)4-5-17-12/h1-3,7,9,12,17-18H,4-6,8H2. The topological polar surface area (TPSA) is 32.3 Å². The molecular formula is C13H16F3NO. The Kier molecular flexibility index (Phi) is 3.92. The van der Waals surface area contributed by atoms with Gasteiger partial charge in [0, 0.05) is 12.6 Å². The SMILES string of the molecule is OCC1CCNC(c2cccc(C(F)(F)F)c2)C1. The van der Waals surface area contributed by atoms with Gasteiger partial charge in [-0.2, -0.15) is 13.2 Å². The molecule has 0 radical (unpaired) electrons. The average molecular weight is 259 g/mol. The average Bonchev–Trinajstić information content (AvgIpc) is 2.38. The Morgan fingerprint density at radius 1 is 1.33 bits per heavy atom. The van der Waals surface area contributed by atoms with Crippen molar-refractivity contribution in [3.8, 4) is 0 Å². The normalized spacial score (nSPS) is 25.1. The Labute approximate surface area is 104 Å². The van der Waals surface area contributed by atoms with E-state index in [9.17, 15) is 13.2 Å². The third kappa shape index (κ3) is 3.03. The molecule has 0 aromatic heterocycles. The first-order valence-electron chi connectivity index (χ1n) is 6.02. The van der Waals surface area contributed by atoms with Gasteiger partial charge < -0.3 is 10.4 Å². The van der Waals surface area contributed by atoms with Crippen molar-refractivity contribution < 1.29 is 18.3 Å². The van der Waals surface area contributed by atoms with Crippen LogP contribution >= 0.6 is 0 Å². The molecule has 2 rings (SSSR count). The van der Waals surface area contributed by atoms with E-state index in [0.717, 1.165) is 19.0 Å². The zero-order valence-electron chi connectivity index (χ0n) is 9.87. The van der Waals surface area contributed by atoms with Crippen molar-refractivity contribution in [3.05, 3.63) is 35.4 Å². The van der Waals surface area contributed by atoms with Crippen molar-refractivity contribution in [1.82, 2.24) is 5.32 Å². The number of nitrogens with one attached hydrogen (secondary N) is 1. The number of halogens is 3. The summed E-state index contributed by atoms with van der Waals surface area (Å²) in [4.78, 5) is 0. The zero-order chi connectivity index (χ0) is 13.2. The van der Waals surface area contributed by atoms with Crippen LogP contribution in [-0.4, -0.2) is 18.3 Å². The van der Waals surface area contributed by atoms with Crippen LogP contribution < -0.4 is 5.32 Å². The Morgan fingerprint density at radius 2 is 2.11 bits per heavy atom. The molecule has 2 atom stereocenters. The third-order valence-electron chi connectivity index (χ3n) is 3.39. The molecule has 0 aliphatic carbocycles. The number of aliphatic hydroxyl groups is 1. The molecule has 100 valence electrons. The first kappa shape index (κ1) is 13.4. The van der Waals surface area contributed by atoms with E-state index < -0.39 is 11.7 Å². The molecule has 1 heterocycles. The van der Waals surface area contributed by atoms with Gasteiger partial charge in [-0.1, -0.05) is 12.1 Å². The van der Waals surface area contributed by atoms with Gasteiger partial charge in [-0.05, 0) is 43.0 Å². The van der Waals surface area contributed by atoms with Crippen molar-refractivity contribution in [1.29, 1.82) is 0 Å². The first-order chi connectivity index (χ1) is 8.50. The molecule has 1 aliphatic rings. The number of hydrogen-bond acceptors (Lipinski definition) is 2. The summed E-state index contributed by atoms with van der Waals surface area (Å²) in [6.45, 7) is 0.823. The second-order valence-electron chi connectivity index (χ2n) is 4.70. The molecule has 2 N–H and O–H groups in total. The molecule has 1 fully saturated rings. The van der Waals surface area contributed by atoms with Crippen LogP contribution in [0.1, 0.15) is 30.0 Å². The number of hydrogen-bond donors (Lipinski definition) is 2. The Bertz CT molecular complexity index is 405. The van der Waals surface area contributed by atoms with Crippen LogP contribution in [0.25, 0.3) is 0 Å². The summed E-state index contributed by atoms with van der Waals surface area (Å²) in [5.74, 6) is 0.172. The minimum absolute atomic E-state index is 0.0944. The summed E-state index contributed by atoms with van der Waals surface area (Å²) in [6.07, 6.45) is -2.76. The highest BCUT2D eigenvalue weighted by molar-refractivity contribution is 5.28. The second kappa shape index (κ2) is 5.28. The summed E-state index contributed by atoms with van der Waals surface area (Å²) in [6, 6.07) is 5.31. The Hall–Kier alpha value is -1.07. The number of aliphatic hydroxyl groups excluding tert-OH is 1. The van der Waals surface area contributed by atoms with E-state index >= 15 is 0 Å². The maximum Gasteiger partial charge on any atom is 0.416 e. The van der Waals surface area contributed by atoms with Gasteiger partial charge in [0.2, 0.25) is 0 Å². The fraction of sp³-hybridized carbons (Fsp3) is 0.538. The van der Waals surface area contributed by atoms with Crippen molar-refractivity contribution >= 4 is 0 Å².